The zero-order valence-corrected chi connectivity index (χ0v) is 10.4. The van der Waals surface area contributed by atoms with E-state index in [0.717, 1.165) is 15.6 Å². The van der Waals surface area contributed by atoms with Crippen molar-refractivity contribution in [2.24, 2.45) is 7.05 Å². The fourth-order valence-electron chi connectivity index (χ4n) is 1.52. The lowest BCUT2D eigenvalue weighted by atomic mass is 10.2. The molecule has 1 aromatic carbocycles. The Morgan fingerprint density at radius 2 is 2.13 bits per heavy atom. The molecule has 0 aliphatic rings. The number of benzene rings is 1. The van der Waals surface area contributed by atoms with Crippen molar-refractivity contribution in [3.05, 3.63) is 28.9 Å². The topological polar surface area (TPSA) is 14.2 Å². The Kier molecular flexibility index (Phi) is 4.11. The molecule has 0 saturated heterocycles. The van der Waals surface area contributed by atoms with Gasteiger partial charge in [-0.3, -0.25) is 0 Å². The highest BCUT2D eigenvalue weighted by Crippen LogP contribution is 2.34. The van der Waals surface area contributed by atoms with Crippen molar-refractivity contribution in [2.75, 3.05) is 6.26 Å². The molecule has 0 fully saturated rings. The third kappa shape index (κ3) is 2.16. The third-order valence-electron chi connectivity index (χ3n) is 2.10. The van der Waals surface area contributed by atoms with Crippen LogP contribution in [0.15, 0.2) is 28.9 Å². The summed E-state index contributed by atoms with van der Waals surface area (Å²) >= 11 is 4.89. The molecule has 0 aliphatic carbocycles. The van der Waals surface area contributed by atoms with Crippen LogP contribution in [0.2, 0.25) is 0 Å². The minimum atomic E-state index is 0. The van der Waals surface area contributed by atoms with Gasteiger partial charge < -0.3 is 8.75 Å². The van der Waals surface area contributed by atoms with Crippen LogP contribution in [0.3, 0.4) is 0 Å². The first-order chi connectivity index (χ1) is 6.74. The molecule has 0 bridgehead atoms. The number of aryl methyl sites for hydroxylation is 1. The van der Waals surface area contributed by atoms with Gasteiger partial charge in [0.15, 0.2) is 0 Å². The number of aromatic nitrogens is 1. The van der Waals surface area contributed by atoms with Crippen molar-refractivity contribution in [3.8, 4) is 5.75 Å². The van der Waals surface area contributed by atoms with Gasteiger partial charge >= 0.3 is 0 Å². The van der Waals surface area contributed by atoms with Gasteiger partial charge in [0.25, 0.3) is 0 Å². The Morgan fingerprint density at radius 3 is 2.80 bits per heavy atom. The van der Waals surface area contributed by atoms with Crippen molar-refractivity contribution >= 4 is 38.9 Å². The standard InChI is InChI=1S/C10H10BrNOS.CH4/c1-12-6-7(11)10-8(12)4-3-5-9(10)13-14-2;/h3-6H,1-2H3;1H4. The second kappa shape index (κ2) is 4.94. The van der Waals surface area contributed by atoms with E-state index in [-0.39, 0.29) is 7.43 Å². The Bertz CT molecular complexity index is 467. The number of halogens is 1. The van der Waals surface area contributed by atoms with Crippen LogP contribution < -0.4 is 4.18 Å². The van der Waals surface area contributed by atoms with Gasteiger partial charge in [-0.05, 0) is 28.1 Å². The van der Waals surface area contributed by atoms with Gasteiger partial charge in [-0.25, -0.2) is 0 Å². The fraction of sp³-hybridized carbons (Fsp3) is 0.273. The summed E-state index contributed by atoms with van der Waals surface area (Å²) in [6, 6.07) is 6.05. The van der Waals surface area contributed by atoms with Crippen LogP contribution in [-0.4, -0.2) is 10.8 Å². The van der Waals surface area contributed by atoms with Crippen molar-refractivity contribution in [1.29, 1.82) is 0 Å². The SMILES string of the molecule is C.CSOc1cccc2c1c(Br)cn2C. The van der Waals surface area contributed by atoms with Crippen LogP contribution in [0.5, 0.6) is 5.75 Å². The highest BCUT2D eigenvalue weighted by Gasteiger charge is 2.09. The van der Waals surface area contributed by atoms with Crippen LogP contribution in [0.25, 0.3) is 10.9 Å². The molecule has 0 saturated carbocycles. The summed E-state index contributed by atoms with van der Waals surface area (Å²) in [7, 11) is 2.02. The van der Waals surface area contributed by atoms with E-state index in [1.165, 1.54) is 17.6 Å². The highest BCUT2D eigenvalue weighted by atomic mass is 79.9. The van der Waals surface area contributed by atoms with Crippen molar-refractivity contribution in [3.63, 3.8) is 0 Å². The Labute approximate surface area is 103 Å². The van der Waals surface area contributed by atoms with E-state index in [4.69, 9.17) is 4.18 Å². The largest absolute Gasteiger partial charge is 0.425 e. The quantitative estimate of drug-likeness (QED) is 0.768. The van der Waals surface area contributed by atoms with Crippen LogP contribution in [-0.2, 0) is 7.05 Å². The number of hydrogen-bond acceptors (Lipinski definition) is 2. The summed E-state index contributed by atoms with van der Waals surface area (Å²) in [6.07, 6.45) is 3.95. The highest BCUT2D eigenvalue weighted by molar-refractivity contribution is 9.10. The smallest absolute Gasteiger partial charge is 0.147 e. The molecule has 82 valence electrons. The van der Waals surface area contributed by atoms with E-state index in [2.05, 4.69) is 26.6 Å². The van der Waals surface area contributed by atoms with Crippen LogP contribution in [0, 0.1) is 0 Å². The van der Waals surface area contributed by atoms with E-state index < -0.39 is 0 Å². The number of hydrogen-bond donors (Lipinski definition) is 0. The molecule has 0 spiro atoms. The first-order valence-corrected chi connectivity index (χ1v) is 6.12. The first kappa shape index (κ1) is 12.5. The van der Waals surface area contributed by atoms with Crippen LogP contribution >= 0.6 is 28.0 Å². The number of nitrogens with zero attached hydrogens (tertiary/aromatic N) is 1. The number of rotatable bonds is 2. The van der Waals surface area contributed by atoms with Gasteiger partial charge in [-0.15, -0.1) is 0 Å². The maximum absolute atomic E-state index is 5.49. The normalized spacial score (nSPS) is 10.1. The summed E-state index contributed by atoms with van der Waals surface area (Å²) in [4.78, 5) is 0. The van der Waals surface area contributed by atoms with Crippen molar-refractivity contribution < 1.29 is 4.18 Å². The summed E-state index contributed by atoms with van der Waals surface area (Å²) in [6.45, 7) is 0. The summed E-state index contributed by atoms with van der Waals surface area (Å²) in [5.41, 5.74) is 1.17. The van der Waals surface area contributed by atoms with E-state index in [1.807, 2.05) is 31.6 Å². The van der Waals surface area contributed by atoms with Crippen molar-refractivity contribution in [1.82, 2.24) is 4.57 Å². The maximum atomic E-state index is 5.49. The fourth-order valence-corrected chi connectivity index (χ4v) is 2.54. The average Bonchev–Trinajstić information content (AvgIpc) is 2.44. The molecule has 1 heterocycles. The first-order valence-electron chi connectivity index (χ1n) is 4.18. The van der Waals surface area contributed by atoms with E-state index in [9.17, 15) is 0 Å². The Balaban J connectivity index is 0.00000112. The zero-order valence-electron chi connectivity index (χ0n) is 7.95. The second-order valence-electron chi connectivity index (χ2n) is 2.99. The van der Waals surface area contributed by atoms with E-state index in [1.54, 1.807) is 0 Å². The van der Waals surface area contributed by atoms with Gasteiger partial charge in [-0.2, -0.15) is 0 Å². The predicted octanol–water partition coefficient (Wildman–Crippen LogP) is 4.23. The van der Waals surface area contributed by atoms with Gasteiger partial charge in [0.05, 0.1) is 22.9 Å². The van der Waals surface area contributed by atoms with Crippen LogP contribution in [0.4, 0.5) is 0 Å². The minimum absolute atomic E-state index is 0. The van der Waals surface area contributed by atoms with Crippen LogP contribution in [0.1, 0.15) is 7.43 Å². The van der Waals surface area contributed by atoms with Gasteiger partial charge in [-0.1, -0.05) is 13.5 Å². The molecule has 2 aromatic rings. The molecular weight excluding hydrogens is 274 g/mol. The summed E-state index contributed by atoms with van der Waals surface area (Å²) < 4.78 is 8.63. The monoisotopic (exact) mass is 287 g/mol. The van der Waals surface area contributed by atoms with Crippen molar-refractivity contribution in [2.45, 2.75) is 7.43 Å². The molecule has 2 nitrogen and oxygen atoms in total. The number of fused-ring (bicyclic) bond motifs is 1. The second-order valence-corrected chi connectivity index (χ2v) is 4.34. The molecule has 1 aromatic heterocycles. The molecule has 15 heavy (non-hydrogen) atoms. The van der Waals surface area contributed by atoms with E-state index >= 15 is 0 Å². The molecule has 2 rings (SSSR count). The lowest BCUT2D eigenvalue weighted by Gasteiger charge is -2.03. The molecule has 4 heteroatoms. The zero-order chi connectivity index (χ0) is 10.1. The molecule has 0 atom stereocenters. The Morgan fingerprint density at radius 1 is 1.40 bits per heavy atom. The molecule has 0 amide bonds. The lowest BCUT2D eigenvalue weighted by molar-refractivity contribution is 0.658. The molecule has 0 N–H and O–H groups in total. The summed E-state index contributed by atoms with van der Waals surface area (Å²) in [5, 5.41) is 1.13. The molecular formula is C11H14BrNOS. The average molecular weight is 288 g/mol. The van der Waals surface area contributed by atoms with E-state index in [0.29, 0.717) is 0 Å². The molecule has 0 radical (unpaired) electrons. The molecule has 0 aliphatic heterocycles. The van der Waals surface area contributed by atoms with Gasteiger partial charge in [0.2, 0.25) is 0 Å². The lowest BCUT2D eigenvalue weighted by Crippen LogP contribution is -1.84. The van der Waals surface area contributed by atoms with Gasteiger partial charge in [0, 0.05) is 24.0 Å². The third-order valence-corrected chi connectivity index (χ3v) is 3.05. The molecule has 0 unspecified atom stereocenters. The maximum Gasteiger partial charge on any atom is 0.147 e. The summed E-state index contributed by atoms with van der Waals surface area (Å²) in [5.74, 6) is 0.905. The van der Waals surface area contributed by atoms with Gasteiger partial charge in [0.1, 0.15) is 5.75 Å². The Hall–Kier alpha value is -0.610. The predicted molar refractivity (Wildman–Crippen MR) is 71.5 cm³/mol. The minimum Gasteiger partial charge on any atom is -0.425 e.